The minimum Gasteiger partial charge on any atom is -0.493 e. The molecule has 0 atom stereocenters. The van der Waals surface area contributed by atoms with Gasteiger partial charge in [0.05, 0.1) is 12.5 Å². The van der Waals surface area contributed by atoms with Gasteiger partial charge in [-0.15, -0.1) is 0 Å². The van der Waals surface area contributed by atoms with Crippen LogP contribution in [-0.2, 0) is 6.61 Å². The summed E-state index contributed by atoms with van der Waals surface area (Å²) in [5.74, 6) is 1.55. The van der Waals surface area contributed by atoms with E-state index in [1.54, 1.807) is 0 Å². The Labute approximate surface area is 113 Å². The van der Waals surface area contributed by atoms with Crippen LogP contribution in [0.25, 0.3) is 0 Å². The smallest absolute Gasteiger partial charge is 0.120 e. The summed E-state index contributed by atoms with van der Waals surface area (Å²) in [7, 11) is 0. The molecule has 19 heavy (non-hydrogen) atoms. The van der Waals surface area contributed by atoms with E-state index in [2.05, 4.69) is 0 Å². The fourth-order valence-electron chi connectivity index (χ4n) is 1.59. The monoisotopic (exact) mass is 253 g/mol. The Morgan fingerprint density at radius 3 is 2.11 bits per heavy atom. The minimum absolute atomic E-state index is 0.395. The Morgan fingerprint density at radius 1 is 0.842 bits per heavy atom. The average Bonchev–Trinajstić information content (AvgIpc) is 2.48. The summed E-state index contributed by atoms with van der Waals surface area (Å²) in [4.78, 5) is 0. The molecule has 0 aromatic heterocycles. The molecule has 2 rings (SSSR count). The largest absolute Gasteiger partial charge is 0.493 e. The first kappa shape index (κ1) is 13.0. The van der Waals surface area contributed by atoms with Gasteiger partial charge in [-0.3, -0.25) is 0 Å². The van der Waals surface area contributed by atoms with Crippen LogP contribution in [0.15, 0.2) is 54.6 Å². The minimum atomic E-state index is 0.395. The maximum absolute atomic E-state index is 8.42. The van der Waals surface area contributed by atoms with Gasteiger partial charge >= 0.3 is 0 Å². The molecule has 0 bridgehead atoms. The molecule has 0 aliphatic heterocycles. The molecule has 0 fully saturated rings. The van der Waals surface area contributed by atoms with E-state index in [1.807, 2.05) is 60.7 Å². The molecule has 0 N–H and O–H groups in total. The van der Waals surface area contributed by atoms with Crippen LogP contribution in [0.3, 0.4) is 0 Å². The van der Waals surface area contributed by atoms with E-state index in [9.17, 15) is 0 Å². The summed E-state index contributed by atoms with van der Waals surface area (Å²) in [6, 6.07) is 19.5. The highest BCUT2D eigenvalue weighted by Gasteiger charge is 1.97. The molecule has 0 heterocycles. The van der Waals surface area contributed by atoms with Crippen molar-refractivity contribution in [3.8, 4) is 17.6 Å². The molecule has 0 unspecified atom stereocenters. The first-order chi connectivity index (χ1) is 9.38. The predicted molar refractivity (Wildman–Crippen MR) is 72.9 cm³/mol. The lowest BCUT2D eigenvalue weighted by molar-refractivity contribution is 0.303. The van der Waals surface area contributed by atoms with Gasteiger partial charge in [0.2, 0.25) is 0 Å². The Bertz CT molecular complexity index is 529. The number of rotatable bonds is 6. The Balaban J connectivity index is 1.83. The van der Waals surface area contributed by atoms with Crippen molar-refractivity contribution in [2.45, 2.75) is 13.0 Å². The van der Waals surface area contributed by atoms with Crippen molar-refractivity contribution in [2.24, 2.45) is 0 Å². The van der Waals surface area contributed by atoms with Crippen LogP contribution >= 0.6 is 0 Å². The molecule has 3 heteroatoms. The molecular formula is C16H15NO2. The summed E-state index contributed by atoms with van der Waals surface area (Å²) in [6.07, 6.45) is 0.395. The quantitative estimate of drug-likeness (QED) is 0.739. The fraction of sp³-hybridized carbons (Fsp3) is 0.188. The number of nitriles is 1. The van der Waals surface area contributed by atoms with Crippen LogP contribution in [0.2, 0.25) is 0 Å². The summed E-state index contributed by atoms with van der Waals surface area (Å²) in [5, 5.41) is 8.42. The van der Waals surface area contributed by atoms with E-state index >= 15 is 0 Å². The highest BCUT2D eigenvalue weighted by atomic mass is 16.5. The van der Waals surface area contributed by atoms with Crippen LogP contribution in [-0.4, -0.2) is 6.61 Å². The first-order valence-corrected chi connectivity index (χ1v) is 6.15. The lowest BCUT2D eigenvalue weighted by Crippen LogP contribution is -1.97. The van der Waals surface area contributed by atoms with Crippen LogP contribution in [0.4, 0.5) is 0 Å². The molecular weight excluding hydrogens is 238 g/mol. The zero-order chi connectivity index (χ0) is 13.3. The van der Waals surface area contributed by atoms with Crippen molar-refractivity contribution in [1.29, 1.82) is 5.26 Å². The third-order valence-corrected chi connectivity index (χ3v) is 2.55. The maximum Gasteiger partial charge on any atom is 0.120 e. The maximum atomic E-state index is 8.42. The number of ether oxygens (including phenoxy) is 2. The van der Waals surface area contributed by atoms with Gasteiger partial charge in [0.15, 0.2) is 0 Å². The topological polar surface area (TPSA) is 42.2 Å². The molecule has 3 nitrogen and oxygen atoms in total. The number of hydrogen-bond acceptors (Lipinski definition) is 3. The van der Waals surface area contributed by atoms with E-state index in [1.165, 1.54) is 0 Å². The Kier molecular flexibility index (Phi) is 4.83. The average molecular weight is 253 g/mol. The van der Waals surface area contributed by atoms with Gasteiger partial charge in [-0.1, -0.05) is 30.3 Å². The molecule has 0 amide bonds. The van der Waals surface area contributed by atoms with E-state index in [0.29, 0.717) is 19.6 Å². The second-order valence-corrected chi connectivity index (χ2v) is 4.00. The van der Waals surface area contributed by atoms with E-state index in [-0.39, 0.29) is 0 Å². The molecule has 0 saturated carbocycles. The second kappa shape index (κ2) is 7.07. The molecule has 0 radical (unpaired) electrons. The molecule has 96 valence electrons. The van der Waals surface area contributed by atoms with Gasteiger partial charge < -0.3 is 9.47 Å². The van der Waals surface area contributed by atoms with Crippen molar-refractivity contribution < 1.29 is 9.47 Å². The molecule has 0 saturated heterocycles. The highest BCUT2D eigenvalue weighted by molar-refractivity contribution is 5.31. The third-order valence-electron chi connectivity index (χ3n) is 2.55. The van der Waals surface area contributed by atoms with Gasteiger partial charge in [0.1, 0.15) is 24.7 Å². The van der Waals surface area contributed by atoms with Gasteiger partial charge in [0, 0.05) is 0 Å². The number of nitrogens with zero attached hydrogens (tertiary/aromatic N) is 1. The van der Waals surface area contributed by atoms with E-state index in [0.717, 1.165) is 17.1 Å². The normalized spacial score (nSPS) is 9.63. The molecule has 2 aromatic carbocycles. The molecule has 0 aliphatic rings. The van der Waals surface area contributed by atoms with Crippen molar-refractivity contribution in [3.05, 3.63) is 60.2 Å². The summed E-state index contributed by atoms with van der Waals surface area (Å²) < 4.78 is 11.1. The number of benzene rings is 2. The predicted octanol–water partition coefficient (Wildman–Crippen LogP) is 3.56. The summed E-state index contributed by atoms with van der Waals surface area (Å²) in [6.45, 7) is 0.968. The van der Waals surface area contributed by atoms with Crippen LogP contribution in [0.1, 0.15) is 12.0 Å². The van der Waals surface area contributed by atoms with Crippen LogP contribution in [0, 0.1) is 11.3 Å². The van der Waals surface area contributed by atoms with E-state index in [4.69, 9.17) is 14.7 Å². The third kappa shape index (κ3) is 4.36. The SMILES string of the molecule is N#CCCOc1ccc(OCc2ccccc2)cc1. The van der Waals surface area contributed by atoms with Crippen molar-refractivity contribution in [1.82, 2.24) is 0 Å². The van der Waals surface area contributed by atoms with Crippen molar-refractivity contribution >= 4 is 0 Å². The van der Waals surface area contributed by atoms with Gasteiger partial charge in [-0.2, -0.15) is 5.26 Å². The lowest BCUT2D eigenvalue weighted by atomic mass is 10.2. The summed E-state index contributed by atoms with van der Waals surface area (Å²) >= 11 is 0. The van der Waals surface area contributed by atoms with Crippen molar-refractivity contribution in [2.75, 3.05) is 6.61 Å². The van der Waals surface area contributed by atoms with Gasteiger partial charge in [-0.25, -0.2) is 0 Å². The Hall–Kier alpha value is -2.47. The lowest BCUT2D eigenvalue weighted by Gasteiger charge is -2.08. The zero-order valence-corrected chi connectivity index (χ0v) is 10.6. The molecule has 2 aromatic rings. The molecule has 0 spiro atoms. The zero-order valence-electron chi connectivity index (χ0n) is 10.6. The van der Waals surface area contributed by atoms with E-state index < -0.39 is 0 Å². The van der Waals surface area contributed by atoms with Gasteiger partial charge in [0.25, 0.3) is 0 Å². The highest BCUT2D eigenvalue weighted by Crippen LogP contribution is 2.18. The molecule has 0 aliphatic carbocycles. The summed E-state index contributed by atoms with van der Waals surface area (Å²) in [5.41, 5.74) is 1.14. The van der Waals surface area contributed by atoms with Crippen LogP contribution < -0.4 is 9.47 Å². The van der Waals surface area contributed by atoms with Gasteiger partial charge in [-0.05, 0) is 29.8 Å². The standard InChI is InChI=1S/C16H15NO2/c17-11-4-12-18-15-7-9-16(10-8-15)19-13-14-5-2-1-3-6-14/h1-3,5-10H,4,12-13H2. The number of hydrogen-bond donors (Lipinski definition) is 0. The van der Waals surface area contributed by atoms with Crippen LogP contribution in [0.5, 0.6) is 11.5 Å². The van der Waals surface area contributed by atoms with Crippen molar-refractivity contribution in [3.63, 3.8) is 0 Å². The fourth-order valence-corrected chi connectivity index (χ4v) is 1.59. The first-order valence-electron chi connectivity index (χ1n) is 6.15. The second-order valence-electron chi connectivity index (χ2n) is 4.00. The Morgan fingerprint density at radius 2 is 1.47 bits per heavy atom.